The van der Waals surface area contributed by atoms with Gasteiger partial charge in [0, 0.05) is 24.0 Å². The smallest absolute Gasteiger partial charge is 0.407 e. The van der Waals surface area contributed by atoms with E-state index in [4.69, 9.17) is 10.6 Å². The number of hydrogen-bond donors (Lipinski definition) is 1. The Bertz CT molecular complexity index is 224. The van der Waals surface area contributed by atoms with Gasteiger partial charge in [0.05, 0.1) is 0 Å². The Morgan fingerprint density at radius 3 is 3.17 bits per heavy atom. The lowest BCUT2D eigenvalue weighted by molar-refractivity contribution is 0.141. The van der Waals surface area contributed by atoms with Gasteiger partial charge in [-0.2, -0.15) is 0 Å². The number of rotatable bonds is 2. The van der Waals surface area contributed by atoms with Crippen molar-refractivity contribution in [3.8, 4) is 0 Å². The minimum absolute atomic E-state index is 0.113. The predicted molar refractivity (Wildman–Crippen MR) is 41.8 cm³/mol. The van der Waals surface area contributed by atoms with Crippen molar-refractivity contribution in [1.29, 1.82) is 0 Å². The van der Waals surface area contributed by atoms with Crippen LogP contribution < -0.4 is 0 Å². The van der Waals surface area contributed by atoms with E-state index in [2.05, 4.69) is 10.0 Å². The zero-order chi connectivity index (χ0) is 8.97. The summed E-state index contributed by atoms with van der Waals surface area (Å²) in [5.41, 5.74) is 8.04. The minimum atomic E-state index is -0.925. The summed E-state index contributed by atoms with van der Waals surface area (Å²) in [4.78, 5) is 14.5. The topological polar surface area (TPSA) is 89.3 Å². The number of carbonyl (C=O) groups is 1. The quantitative estimate of drug-likeness (QED) is 0.386. The second kappa shape index (κ2) is 3.82. The molecule has 0 radical (unpaired) electrons. The first-order chi connectivity index (χ1) is 5.75. The molecule has 0 aromatic heterocycles. The van der Waals surface area contributed by atoms with Crippen LogP contribution in [0.2, 0.25) is 0 Å². The lowest BCUT2D eigenvalue weighted by atomic mass is 10.2. The second-order valence-electron chi connectivity index (χ2n) is 2.69. The van der Waals surface area contributed by atoms with Crippen LogP contribution in [0.15, 0.2) is 5.11 Å². The number of azide groups is 1. The van der Waals surface area contributed by atoms with Crippen molar-refractivity contribution in [3.05, 3.63) is 10.4 Å². The zero-order valence-corrected chi connectivity index (χ0v) is 6.55. The van der Waals surface area contributed by atoms with Crippen LogP contribution in [0, 0.1) is 0 Å². The molecule has 1 aliphatic heterocycles. The van der Waals surface area contributed by atoms with E-state index in [9.17, 15) is 4.79 Å². The van der Waals surface area contributed by atoms with Gasteiger partial charge in [0.25, 0.3) is 0 Å². The standard InChI is InChI=1S/C6H10N4O2/c7-9-8-4-5-2-1-3-10(5)6(11)12/h5H,1-4H2,(H,11,12). The van der Waals surface area contributed by atoms with Crippen molar-refractivity contribution in [1.82, 2.24) is 4.90 Å². The third-order valence-corrected chi connectivity index (χ3v) is 1.98. The van der Waals surface area contributed by atoms with Gasteiger partial charge in [0.15, 0.2) is 0 Å². The van der Waals surface area contributed by atoms with Gasteiger partial charge >= 0.3 is 6.09 Å². The molecule has 1 atom stereocenters. The van der Waals surface area contributed by atoms with Crippen LogP contribution in [0.4, 0.5) is 4.79 Å². The highest BCUT2D eigenvalue weighted by molar-refractivity contribution is 5.65. The summed E-state index contributed by atoms with van der Waals surface area (Å²) < 4.78 is 0. The van der Waals surface area contributed by atoms with Crippen molar-refractivity contribution in [2.45, 2.75) is 18.9 Å². The summed E-state index contributed by atoms with van der Waals surface area (Å²) in [6.45, 7) is 0.809. The number of likely N-dealkylation sites (tertiary alicyclic amines) is 1. The summed E-state index contributed by atoms with van der Waals surface area (Å²) in [6.07, 6.45) is 0.731. The molecule has 1 aliphatic rings. The molecule has 1 fully saturated rings. The molecule has 1 unspecified atom stereocenters. The second-order valence-corrected chi connectivity index (χ2v) is 2.69. The molecule has 1 rings (SSSR count). The van der Waals surface area contributed by atoms with E-state index in [0.717, 1.165) is 12.8 Å². The van der Waals surface area contributed by atoms with Crippen LogP contribution in [0.25, 0.3) is 10.4 Å². The fourth-order valence-electron chi connectivity index (χ4n) is 1.41. The number of hydrogen-bond acceptors (Lipinski definition) is 2. The molecule has 0 spiro atoms. The highest BCUT2D eigenvalue weighted by Crippen LogP contribution is 2.17. The first kappa shape index (κ1) is 8.67. The molecule has 0 aromatic rings. The summed E-state index contributed by atoms with van der Waals surface area (Å²) in [6, 6.07) is -0.113. The maximum atomic E-state index is 10.6. The van der Waals surface area contributed by atoms with Gasteiger partial charge in [-0.25, -0.2) is 4.79 Å². The van der Waals surface area contributed by atoms with Crippen molar-refractivity contribution in [2.75, 3.05) is 13.1 Å². The molecule has 1 heterocycles. The van der Waals surface area contributed by atoms with Crippen LogP contribution in [0.3, 0.4) is 0 Å². The van der Waals surface area contributed by atoms with Crippen molar-refractivity contribution in [3.63, 3.8) is 0 Å². The Balaban J connectivity index is 2.51. The third-order valence-electron chi connectivity index (χ3n) is 1.98. The number of carboxylic acid groups (broad SMARTS) is 1. The van der Waals surface area contributed by atoms with E-state index < -0.39 is 6.09 Å². The fourth-order valence-corrected chi connectivity index (χ4v) is 1.41. The molecule has 1 saturated heterocycles. The summed E-state index contributed by atoms with van der Waals surface area (Å²) >= 11 is 0. The van der Waals surface area contributed by atoms with Crippen LogP contribution in [0.5, 0.6) is 0 Å². The highest BCUT2D eigenvalue weighted by Gasteiger charge is 2.27. The Hall–Kier alpha value is -1.42. The zero-order valence-electron chi connectivity index (χ0n) is 6.55. The predicted octanol–water partition coefficient (Wildman–Crippen LogP) is 1.44. The van der Waals surface area contributed by atoms with Crippen molar-refractivity contribution >= 4 is 6.09 Å². The van der Waals surface area contributed by atoms with Gasteiger partial charge in [0.1, 0.15) is 0 Å². The number of amides is 1. The van der Waals surface area contributed by atoms with E-state index in [1.54, 1.807) is 0 Å². The molecule has 66 valence electrons. The Labute approximate surface area is 69.4 Å². The lowest BCUT2D eigenvalue weighted by Crippen LogP contribution is -2.35. The van der Waals surface area contributed by atoms with E-state index in [1.807, 2.05) is 0 Å². The van der Waals surface area contributed by atoms with Gasteiger partial charge in [0.2, 0.25) is 0 Å². The van der Waals surface area contributed by atoms with E-state index in [0.29, 0.717) is 6.54 Å². The van der Waals surface area contributed by atoms with E-state index in [-0.39, 0.29) is 12.6 Å². The molecular formula is C6H10N4O2. The summed E-state index contributed by atoms with van der Waals surface area (Å²) in [7, 11) is 0. The van der Waals surface area contributed by atoms with Gasteiger partial charge in [-0.3, -0.25) is 0 Å². The maximum Gasteiger partial charge on any atom is 0.407 e. The van der Waals surface area contributed by atoms with Crippen LogP contribution >= 0.6 is 0 Å². The largest absolute Gasteiger partial charge is 0.465 e. The Morgan fingerprint density at radius 1 is 1.83 bits per heavy atom. The van der Waals surface area contributed by atoms with Crippen LogP contribution in [0.1, 0.15) is 12.8 Å². The minimum Gasteiger partial charge on any atom is -0.465 e. The molecular weight excluding hydrogens is 160 g/mol. The molecule has 0 aliphatic carbocycles. The molecule has 1 N–H and O–H groups in total. The van der Waals surface area contributed by atoms with Crippen LogP contribution in [-0.2, 0) is 0 Å². The van der Waals surface area contributed by atoms with Crippen molar-refractivity contribution < 1.29 is 9.90 Å². The molecule has 6 nitrogen and oxygen atoms in total. The molecule has 12 heavy (non-hydrogen) atoms. The van der Waals surface area contributed by atoms with Gasteiger partial charge in [-0.15, -0.1) is 0 Å². The number of nitrogens with zero attached hydrogens (tertiary/aromatic N) is 4. The van der Waals surface area contributed by atoms with E-state index in [1.165, 1.54) is 4.90 Å². The van der Waals surface area contributed by atoms with Gasteiger partial charge in [-0.05, 0) is 18.4 Å². The summed E-state index contributed by atoms with van der Waals surface area (Å²) in [5.74, 6) is 0. The first-order valence-electron chi connectivity index (χ1n) is 3.76. The molecule has 6 heteroatoms. The summed E-state index contributed by atoms with van der Waals surface area (Å²) in [5, 5.41) is 12.0. The van der Waals surface area contributed by atoms with Gasteiger partial charge < -0.3 is 10.0 Å². The third kappa shape index (κ3) is 1.79. The fraction of sp³-hybridized carbons (Fsp3) is 0.833. The highest BCUT2D eigenvalue weighted by atomic mass is 16.4. The average Bonchev–Trinajstić information content (AvgIpc) is 2.48. The maximum absolute atomic E-state index is 10.6. The molecule has 0 bridgehead atoms. The molecule has 1 amide bonds. The first-order valence-corrected chi connectivity index (χ1v) is 3.76. The monoisotopic (exact) mass is 170 g/mol. The van der Waals surface area contributed by atoms with Crippen molar-refractivity contribution in [2.24, 2.45) is 5.11 Å². The molecule has 0 saturated carbocycles. The van der Waals surface area contributed by atoms with Gasteiger partial charge in [-0.1, -0.05) is 5.11 Å². The molecule has 0 aromatic carbocycles. The average molecular weight is 170 g/mol. The normalized spacial score (nSPS) is 22.0. The van der Waals surface area contributed by atoms with E-state index >= 15 is 0 Å². The lowest BCUT2D eigenvalue weighted by Gasteiger charge is -2.18. The Morgan fingerprint density at radius 2 is 2.58 bits per heavy atom. The van der Waals surface area contributed by atoms with Crippen LogP contribution in [-0.4, -0.2) is 35.2 Å². The SMILES string of the molecule is [N-]=[N+]=NCC1CCCN1C(=O)O. The Kier molecular flexibility index (Phi) is 2.76.